The van der Waals surface area contributed by atoms with E-state index in [1.165, 1.54) is 23.8 Å². The molecule has 2 aliphatic heterocycles. The third-order valence-corrected chi connectivity index (χ3v) is 7.89. The van der Waals surface area contributed by atoms with Crippen LogP contribution < -0.4 is 4.90 Å². The van der Waals surface area contributed by atoms with Crippen LogP contribution in [0.4, 0.5) is 10.6 Å². The second-order valence-corrected chi connectivity index (χ2v) is 9.76. The van der Waals surface area contributed by atoms with Gasteiger partial charge in [0.2, 0.25) is 5.91 Å². The number of methoxy groups -OCH3 is 1. The van der Waals surface area contributed by atoms with Gasteiger partial charge in [0, 0.05) is 38.9 Å². The van der Waals surface area contributed by atoms with E-state index in [-0.39, 0.29) is 17.1 Å². The molecule has 2 saturated heterocycles. The summed E-state index contributed by atoms with van der Waals surface area (Å²) < 4.78 is 4.43. The average molecular weight is 447 g/mol. The van der Waals surface area contributed by atoms with Crippen molar-refractivity contribution in [3.63, 3.8) is 0 Å². The monoisotopic (exact) mass is 446 g/mol. The van der Waals surface area contributed by atoms with Crippen LogP contribution in [0, 0.1) is 0 Å². The quantitative estimate of drug-likeness (QED) is 0.467. The summed E-state index contributed by atoms with van der Waals surface area (Å²) in [6, 6.07) is 3.49. The van der Waals surface area contributed by atoms with E-state index in [4.69, 9.17) is 4.74 Å². The molecule has 0 radical (unpaired) electrons. The molecule has 0 N–H and O–H groups in total. The van der Waals surface area contributed by atoms with Gasteiger partial charge in [-0.2, -0.15) is 0 Å². The Labute approximate surface area is 187 Å². The molecular formula is C22H30N4O4S. The van der Waals surface area contributed by atoms with Crippen LogP contribution in [-0.4, -0.2) is 83.0 Å². The van der Waals surface area contributed by atoms with Gasteiger partial charge in [-0.1, -0.05) is 12.8 Å². The van der Waals surface area contributed by atoms with Gasteiger partial charge in [-0.15, -0.1) is 0 Å². The summed E-state index contributed by atoms with van der Waals surface area (Å²) in [7, 11) is 1.38. The van der Waals surface area contributed by atoms with Gasteiger partial charge in [0.15, 0.2) is 0 Å². The average Bonchev–Trinajstić information content (AvgIpc) is 3.36. The van der Waals surface area contributed by atoms with Crippen LogP contribution in [0.3, 0.4) is 0 Å². The fourth-order valence-corrected chi connectivity index (χ4v) is 6.07. The SMILES string of the molecule is COC(=O)c1cccnc1N1CCN(CCCCN2C(=O)SC3(CCCC3)C2=O)CC1. The lowest BCUT2D eigenvalue weighted by atomic mass is 10.1. The van der Waals surface area contributed by atoms with Gasteiger partial charge < -0.3 is 9.64 Å². The highest BCUT2D eigenvalue weighted by Crippen LogP contribution is 2.48. The first-order chi connectivity index (χ1) is 15.0. The number of amides is 2. The number of aromatic nitrogens is 1. The number of pyridine rings is 1. The topological polar surface area (TPSA) is 83.1 Å². The summed E-state index contributed by atoms with van der Waals surface area (Å²) in [4.78, 5) is 47.5. The molecule has 2 amide bonds. The molecule has 3 heterocycles. The molecule has 1 spiro atoms. The number of anilines is 1. The van der Waals surface area contributed by atoms with Crippen molar-refractivity contribution in [3.05, 3.63) is 23.9 Å². The lowest BCUT2D eigenvalue weighted by molar-refractivity contribution is -0.129. The number of ether oxygens (including phenoxy) is 1. The summed E-state index contributed by atoms with van der Waals surface area (Å²) in [6.07, 6.45) is 7.26. The van der Waals surface area contributed by atoms with Crippen LogP contribution in [0.25, 0.3) is 0 Å². The Bertz CT molecular complexity index is 835. The number of carbonyl (C=O) groups excluding carboxylic acids is 3. The fourth-order valence-electron chi connectivity index (χ4n) is 4.76. The molecule has 0 bridgehead atoms. The van der Waals surface area contributed by atoms with E-state index >= 15 is 0 Å². The molecule has 8 nitrogen and oxygen atoms in total. The van der Waals surface area contributed by atoms with Gasteiger partial charge in [-0.25, -0.2) is 9.78 Å². The van der Waals surface area contributed by atoms with Gasteiger partial charge in [0.05, 0.1) is 7.11 Å². The number of imide groups is 1. The van der Waals surface area contributed by atoms with E-state index in [0.29, 0.717) is 17.9 Å². The molecule has 1 saturated carbocycles. The zero-order valence-electron chi connectivity index (χ0n) is 18.0. The van der Waals surface area contributed by atoms with Gasteiger partial charge in [0.1, 0.15) is 16.1 Å². The summed E-state index contributed by atoms with van der Waals surface area (Å²) in [5.74, 6) is 0.359. The Kier molecular flexibility index (Phi) is 6.81. The molecule has 0 aromatic carbocycles. The molecule has 3 aliphatic rings. The largest absolute Gasteiger partial charge is 0.465 e. The molecule has 0 unspecified atom stereocenters. The third kappa shape index (κ3) is 4.57. The number of nitrogens with zero attached hydrogens (tertiary/aromatic N) is 4. The third-order valence-electron chi connectivity index (χ3n) is 6.52. The maximum absolute atomic E-state index is 12.7. The Hall–Kier alpha value is -2.13. The van der Waals surface area contributed by atoms with Gasteiger partial charge in [-0.3, -0.25) is 19.4 Å². The van der Waals surface area contributed by atoms with Crippen molar-refractivity contribution in [3.8, 4) is 0 Å². The number of thioether (sulfide) groups is 1. The molecule has 31 heavy (non-hydrogen) atoms. The number of hydrogen-bond donors (Lipinski definition) is 0. The minimum absolute atomic E-state index is 0.0467. The standard InChI is InChI=1S/C22H30N4O4S/c1-30-19(27)17-7-6-10-23-18(17)25-15-13-24(14-16-25)11-4-5-12-26-20(28)22(31-21(26)29)8-2-3-9-22/h6-7,10H,2-5,8-9,11-16H2,1H3. The normalized spacial score (nSPS) is 21.3. The summed E-state index contributed by atoms with van der Waals surface area (Å²) in [5, 5.41) is -0.0581. The summed E-state index contributed by atoms with van der Waals surface area (Å²) in [6.45, 7) is 4.83. The van der Waals surface area contributed by atoms with E-state index < -0.39 is 4.75 Å². The number of carbonyl (C=O) groups is 3. The molecule has 1 aliphatic carbocycles. The van der Waals surface area contributed by atoms with Crippen LogP contribution >= 0.6 is 11.8 Å². The number of esters is 1. The second kappa shape index (κ2) is 9.56. The predicted molar refractivity (Wildman–Crippen MR) is 119 cm³/mol. The van der Waals surface area contributed by atoms with Crippen molar-refractivity contribution < 1.29 is 19.1 Å². The van der Waals surface area contributed by atoms with Crippen molar-refractivity contribution >= 4 is 34.7 Å². The van der Waals surface area contributed by atoms with Crippen molar-refractivity contribution in [2.45, 2.75) is 43.3 Å². The predicted octanol–water partition coefficient (Wildman–Crippen LogP) is 2.78. The maximum Gasteiger partial charge on any atom is 0.341 e. The Morgan fingerprint density at radius 3 is 2.55 bits per heavy atom. The van der Waals surface area contributed by atoms with Crippen molar-refractivity contribution in [1.29, 1.82) is 0 Å². The first-order valence-corrected chi connectivity index (χ1v) is 11.9. The zero-order valence-corrected chi connectivity index (χ0v) is 18.9. The molecule has 1 aromatic heterocycles. The van der Waals surface area contributed by atoms with E-state index in [2.05, 4.69) is 14.8 Å². The van der Waals surface area contributed by atoms with Gasteiger partial charge in [0.25, 0.3) is 5.24 Å². The number of hydrogen-bond acceptors (Lipinski definition) is 8. The molecule has 0 atom stereocenters. The second-order valence-electron chi connectivity index (χ2n) is 8.43. The van der Waals surface area contributed by atoms with Crippen LogP contribution in [0.2, 0.25) is 0 Å². The smallest absolute Gasteiger partial charge is 0.341 e. The molecule has 9 heteroatoms. The Morgan fingerprint density at radius 1 is 1.13 bits per heavy atom. The molecule has 1 aromatic rings. The first-order valence-electron chi connectivity index (χ1n) is 11.1. The van der Waals surface area contributed by atoms with E-state index in [0.717, 1.165) is 71.2 Å². The molecule has 4 rings (SSSR count). The number of piperazine rings is 1. The van der Waals surface area contributed by atoms with Crippen LogP contribution in [0.1, 0.15) is 48.9 Å². The number of rotatable bonds is 7. The van der Waals surface area contributed by atoms with Crippen LogP contribution in [0.5, 0.6) is 0 Å². The lowest BCUT2D eigenvalue weighted by Crippen LogP contribution is -2.47. The van der Waals surface area contributed by atoms with E-state index in [1.54, 1.807) is 18.3 Å². The van der Waals surface area contributed by atoms with Crippen LogP contribution in [0.15, 0.2) is 18.3 Å². The molecule has 3 fully saturated rings. The van der Waals surface area contributed by atoms with E-state index in [1.807, 2.05) is 0 Å². The molecule has 168 valence electrons. The minimum atomic E-state index is -0.443. The minimum Gasteiger partial charge on any atom is -0.465 e. The first kappa shape index (κ1) is 22.1. The summed E-state index contributed by atoms with van der Waals surface area (Å²) >= 11 is 1.26. The van der Waals surface area contributed by atoms with Crippen molar-refractivity contribution in [1.82, 2.24) is 14.8 Å². The van der Waals surface area contributed by atoms with E-state index in [9.17, 15) is 14.4 Å². The maximum atomic E-state index is 12.7. The van der Waals surface area contributed by atoms with Gasteiger partial charge in [-0.05, 0) is 56.1 Å². The van der Waals surface area contributed by atoms with Gasteiger partial charge >= 0.3 is 5.97 Å². The highest BCUT2D eigenvalue weighted by Gasteiger charge is 2.53. The lowest BCUT2D eigenvalue weighted by Gasteiger charge is -2.36. The highest BCUT2D eigenvalue weighted by molar-refractivity contribution is 8.16. The van der Waals surface area contributed by atoms with Crippen LogP contribution in [-0.2, 0) is 9.53 Å². The Balaban J connectivity index is 1.21. The molecular weight excluding hydrogens is 416 g/mol. The zero-order chi connectivity index (χ0) is 21.8. The fraction of sp³-hybridized carbons (Fsp3) is 0.636. The van der Waals surface area contributed by atoms with Crippen molar-refractivity contribution in [2.75, 3.05) is 51.3 Å². The Morgan fingerprint density at radius 2 is 1.84 bits per heavy atom. The van der Waals surface area contributed by atoms with Crippen molar-refractivity contribution in [2.24, 2.45) is 0 Å². The summed E-state index contributed by atoms with van der Waals surface area (Å²) in [5.41, 5.74) is 0.497. The highest BCUT2D eigenvalue weighted by atomic mass is 32.2. The number of unbranched alkanes of at least 4 members (excludes halogenated alkanes) is 1.